The molecule has 114 valence electrons. The van der Waals surface area contributed by atoms with E-state index in [0.717, 1.165) is 5.56 Å². The summed E-state index contributed by atoms with van der Waals surface area (Å²) in [4.78, 5) is 12.3. The van der Waals surface area contributed by atoms with Crippen molar-refractivity contribution in [1.29, 1.82) is 0 Å². The predicted molar refractivity (Wildman–Crippen MR) is 85.8 cm³/mol. The van der Waals surface area contributed by atoms with E-state index in [2.05, 4.69) is 10.5 Å². The first kappa shape index (κ1) is 15.6. The van der Waals surface area contributed by atoms with Gasteiger partial charge in [0.25, 0.3) is 5.91 Å². The Kier molecular flexibility index (Phi) is 5.14. The minimum Gasteiger partial charge on any atom is -0.496 e. The number of nitrogens with zero attached hydrogens (tertiary/aromatic N) is 1. The molecule has 2 rings (SSSR count). The molecule has 0 atom stereocenters. The molecule has 0 bridgehead atoms. The van der Waals surface area contributed by atoms with Crippen LogP contribution < -0.4 is 14.9 Å². The fourth-order valence-corrected chi connectivity index (χ4v) is 1.95. The zero-order valence-electron chi connectivity index (χ0n) is 12.8. The van der Waals surface area contributed by atoms with Gasteiger partial charge in [-0.15, -0.1) is 0 Å². The Morgan fingerprint density at radius 2 is 1.64 bits per heavy atom. The summed E-state index contributed by atoms with van der Waals surface area (Å²) < 4.78 is 10.4. The van der Waals surface area contributed by atoms with Gasteiger partial charge in [-0.05, 0) is 24.6 Å². The second kappa shape index (κ2) is 7.26. The number of hydrogen-bond donors (Lipinski definition) is 1. The van der Waals surface area contributed by atoms with Crippen molar-refractivity contribution in [2.45, 2.75) is 6.92 Å². The summed E-state index contributed by atoms with van der Waals surface area (Å²) in [6.07, 6.45) is 1.58. The SMILES string of the molecule is COc1cccc(OC)c1C(=O)N/N=C/c1ccc(C)cc1. The maximum Gasteiger partial charge on any atom is 0.278 e. The van der Waals surface area contributed by atoms with E-state index in [9.17, 15) is 4.79 Å². The van der Waals surface area contributed by atoms with Crippen LogP contribution in [0, 0.1) is 6.92 Å². The topological polar surface area (TPSA) is 59.9 Å². The number of methoxy groups -OCH3 is 2. The fraction of sp³-hybridized carbons (Fsp3) is 0.176. The van der Waals surface area contributed by atoms with Gasteiger partial charge in [0.1, 0.15) is 17.1 Å². The predicted octanol–water partition coefficient (Wildman–Crippen LogP) is 2.78. The lowest BCUT2D eigenvalue weighted by atomic mass is 10.1. The fourth-order valence-electron chi connectivity index (χ4n) is 1.95. The second-order valence-electron chi connectivity index (χ2n) is 4.65. The molecule has 0 fully saturated rings. The highest BCUT2D eigenvalue weighted by Crippen LogP contribution is 2.27. The van der Waals surface area contributed by atoms with Gasteiger partial charge in [0.15, 0.2) is 0 Å². The molecule has 2 aromatic rings. The van der Waals surface area contributed by atoms with Gasteiger partial charge in [-0.3, -0.25) is 4.79 Å². The first-order valence-corrected chi connectivity index (χ1v) is 6.76. The van der Waals surface area contributed by atoms with E-state index in [1.165, 1.54) is 19.8 Å². The van der Waals surface area contributed by atoms with Crippen LogP contribution in [0.25, 0.3) is 0 Å². The number of carbonyl (C=O) groups is 1. The highest BCUT2D eigenvalue weighted by Gasteiger charge is 2.17. The monoisotopic (exact) mass is 298 g/mol. The Bertz CT molecular complexity index is 657. The zero-order valence-corrected chi connectivity index (χ0v) is 12.8. The summed E-state index contributed by atoms with van der Waals surface area (Å²) in [5, 5.41) is 3.96. The molecular formula is C17H18N2O3. The minimum atomic E-state index is -0.391. The molecule has 1 amide bonds. The molecule has 0 aliphatic rings. The van der Waals surface area contributed by atoms with Gasteiger partial charge in [0.05, 0.1) is 20.4 Å². The van der Waals surface area contributed by atoms with E-state index in [0.29, 0.717) is 17.1 Å². The molecular weight excluding hydrogens is 280 g/mol. The van der Waals surface area contributed by atoms with E-state index in [-0.39, 0.29) is 0 Å². The minimum absolute atomic E-state index is 0.313. The van der Waals surface area contributed by atoms with Crippen LogP contribution in [0.1, 0.15) is 21.5 Å². The molecule has 0 saturated heterocycles. The summed E-state index contributed by atoms with van der Waals surface area (Å²) in [5.41, 5.74) is 4.86. The van der Waals surface area contributed by atoms with Crippen molar-refractivity contribution in [2.75, 3.05) is 14.2 Å². The lowest BCUT2D eigenvalue weighted by Crippen LogP contribution is -2.19. The smallest absolute Gasteiger partial charge is 0.278 e. The van der Waals surface area contributed by atoms with Crippen LogP contribution in [0.4, 0.5) is 0 Å². The van der Waals surface area contributed by atoms with Crippen LogP contribution in [-0.2, 0) is 0 Å². The van der Waals surface area contributed by atoms with Crippen LogP contribution in [0.3, 0.4) is 0 Å². The lowest BCUT2D eigenvalue weighted by Gasteiger charge is -2.11. The average Bonchev–Trinajstić information content (AvgIpc) is 2.55. The molecule has 0 saturated carbocycles. The third-order valence-corrected chi connectivity index (χ3v) is 3.11. The molecule has 0 aliphatic heterocycles. The molecule has 0 aliphatic carbocycles. The van der Waals surface area contributed by atoms with Crippen LogP contribution in [0.2, 0.25) is 0 Å². The van der Waals surface area contributed by atoms with Crippen molar-refractivity contribution < 1.29 is 14.3 Å². The Morgan fingerprint density at radius 3 is 2.18 bits per heavy atom. The number of nitrogens with one attached hydrogen (secondary N) is 1. The molecule has 5 heteroatoms. The van der Waals surface area contributed by atoms with Gasteiger partial charge in [0.2, 0.25) is 0 Å². The zero-order chi connectivity index (χ0) is 15.9. The van der Waals surface area contributed by atoms with Gasteiger partial charge in [-0.1, -0.05) is 35.9 Å². The Labute approximate surface area is 129 Å². The summed E-state index contributed by atoms with van der Waals surface area (Å²) in [5.74, 6) is 0.474. The van der Waals surface area contributed by atoms with Gasteiger partial charge in [0, 0.05) is 0 Å². The standard InChI is InChI=1S/C17H18N2O3/c1-12-7-9-13(10-8-12)11-18-19-17(20)16-14(21-2)5-4-6-15(16)22-3/h4-11H,1-3H3,(H,19,20)/b18-11+. The largest absolute Gasteiger partial charge is 0.496 e. The normalized spacial score (nSPS) is 10.5. The van der Waals surface area contributed by atoms with E-state index in [1.54, 1.807) is 24.4 Å². The Hall–Kier alpha value is -2.82. The molecule has 0 spiro atoms. The molecule has 0 unspecified atom stereocenters. The van der Waals surface area contributed by atoms with Gasteiger partial charge in [-0.2, -0.15) is 5.10 Å². The number of ether oxygens (including phenoxy) is 2. The molecule has 5 nitrogen and oxygen atoms in total. The van der Waals surface area contributed by atoms with Crippen LogP contribution >= 0.6 is 0 Å². The molecule has 0 aromatic heterocycles. The van der Waals surface area contributed by atoms with Crippen molar-refractivity contribution >= 4 is 12.1 Å². The number of rotatable bonds is 5. The first-order valence-electron chi connectivity index (χ1n) is 6.76. The summed E-state index contributed by atoms with van der Waals surface area (Å²) >= 11 is 0. The van der Waals surface area contributed by atoms with Crippen molar-refractivity contribution in [3.63, 3.8) is 0 Å². The van der Waals surface area contributed by atoms with Crippen LogP contribution in [0.15, 0.2) is 47.6 Å². The molecule has 0 radical (unpaired) electrons. The second-order valence-corrected chi connectivity index (χ2v) is 4.65. The highest BCUT2D eigenvalue weighted by molar-refractivity contribution is 6.00. The maximum atomic E-state index is 12.3. The number of hydrogen-bond acceptors (Lipinski definition) is 4. The molecule has 0 heterocycles. The number of benzene rings is 2. The summed E-state index contributed by atoms with van der Waals surface area (Å²) in [6, 6.07) is 13.0. The highest BCUT2D eigenvalue weighted by atomic mass is 16.5. The third kappa shape index (κ3) is 3.63. The Balaban J connectivity index is 2.14. The van der Waals surface area contributed by atoms with Crippen LogP contribution in [0.5, 0.6) is 11.5 Å². The number of aryl methyl sites for hydroxylation is 1. The van der Waals surface area contributed by atoms with Crippen LogP contribution in [-0.4, -0.2) is 26.3 Å². The van der Waals surface area contributed by atoms with E-state index < -0.39 is 5.91 Å². The van der Waals surface area contributed by atoms with Crippen molar-refractivity contribution in [2.24, 2.45) is 5.10 Å². The summed E-state index contributed by atoms with van der Waals surface area (Å²) in [7, 11) is 3.00. The number of hydrazone groups is 1. The number of carbonyl (C=O) groups excluding carboxylic acids is 1. The third-order valence-electron chi connectivity index (χ3n) is 3.11. The molecule has 22 heavy (non-hydrogen) atoms. The average molecular weight is 298 g/mol. The molecule has 2 aromatic carbocycles. The molecule has 1 N–H and O–H groups in total. The first-order chi connectivity index (χ1) is 10.7. The summed E-state index contributed by atoms with van der Waals surface area (Å²) in [6.45, 7) is 2.01. The van der Waals surface area contributed by atoms with E-state index >= 15 is 0 Å². The van der Waals surface area contributed by atoms with Gasteiger partial charge < -0.3 is 9.47 Å². The van der Waals surface area contributed by atoms with E-state index in [1.807, 2.05) is 31.2 Å². The Morgan fingerprint density at radius 1 is 1.05 bits per heavy atom. The van der Waals surface area contributed by atoms with Crippen molar-refractivity contribution in [3.05, 3.63) is 59.2 Å². The van der Waals surface area contributed by atoms with Crippen molar-refractivity contribution in [3.8, 4) is 11.5 Å². The lowest BCUT2D eigenvalue weighted by molar-refractivity contribution is 0.0949. The maximum absolute atomic E-state index is 12.3. The van der Waals surface area contributed by atoms with Gasteiger partial charge in [-0.25, -0.2) is 5.43 Å². The quantitative estimate of drug-likeness (QED) is 0.682. The van der Waals surface area contributed by atoms with Gasteiger partial charge >= 0.3 is 0 Å². The van der Waals surface area contributed by atoms with E-state index in [4.69, 9.17) is 9.47 Å². The van der Waals surface area contributed by atoms with Crippen molar-refractivity contribution in [1.82, 2.24) is 5.43 Å². The number of amides is 1.